The first-order valence-electron chi connectivity index (χ1n) is 6.95. The van der Waals surface area contributed by atoms with Crippen LogP contribution in [0.25, 0.3) is 11.0 Å². The molecule has 1 N–H and O–H groups in total. The normalized spacial score (nSPS) is 10.5. The molecule has 0 unspecified atom stereocenters. The highest BCUT2D eigenvalue weighted by molar-refractivity contribution is 7.14. The number of nitrogens with zero attached hydrogens (tertiary/aromatic N) is 2. The summed E-state index contributed by atoms with van der Waals surface area (Å²) in [4.78, 5) is 32.6. The number of nitrogens with one attached hydrogen (secondary N) is 1. The molecule has 23 heavy (non-hydrogen) atoms. The van der Waals surface area contributed by atoms with Crippen molar-refractivity contribution in [3.05, 3.63) is 53.2 Å². The molecule has 0 fully saturated rings. The first-order valence-corrected chi connectivity index (χ1v) is 7.83. The molecule has 0 atom stereocenters. The maximum Gasteiger partial charge on any atom is 0.341 e. The number of rotatable bonds is 4. The molecule has 1 amide bonds. The number of anilines is 1. The van der Waals surface area contributed by atoms with Crippen LogP contribution < -0.4 is 5.32 Å². The van der Waals surface area contributed by atoms with Crippen molar-refractivity contribution < 1.29 is 14.3 Å². The summed E-state index contributed by atoms with van der Waals surface area (Å²) < 4.78 is 4.97. The highest BCUT2D eigenvalue weighted by Crippen LogP contribution is 2.25. The van der Waals surface area contributed by atoms with Crippen LogP contribution in [0.1, 0.15) is 27.6 Å². The molecular formula is C16H13N3O3S. The van der Waals surface area contributed by atoms with Gasteiger partial charge >= 0.3 is 5.97 Å². The highest BCUT2D eigenvalue weighted by atomic mass is 32.1. The predicted octanol–water partition coefficient (Wildman–Crippen LogP) is 3.12. The van der Waals surface area contributed by atoms with E-state index in [0.717, 1.165) is 0 Å². The molecule has 0 aliphatic heterocycles. The third kappa shape index (κ3) is 3.19. The lowest BCUT2D eigenvalue weighted by atomic mass is 10.2. The molecule has 3 rings (SSSR count). The lowest BCUT2D eigenvalue weighted by Gasteiger charge is -2.06. The largest absolute Gasteiger partial charge is 0.462 e. The molecule has 3 aromatic rings. The zero-order valence-corrected chi connectivity index (χ0v) is 13.1. The SMILES string of the molecule is CCOC(=O)c1ccsc1NC(=O)c1ccc2nccnc2c1. The minimum Gasteiger partial charge on any atom is -0.462 e. The Labute approximate surface area is 136 Å². The van der Waals surface area contributed by atoms with Crippen LogP contribution in [0, 0.1) is 0 Å². The maximum atomic E-state index is 12.4. The molecule has 7 heteroatoms. The van der Waals surface area contributed by atoms with Gasteiger partial charge in [-0.25, -0.2) is 4.79 Å². The van der Waals surface area contributed by atoms with E-state index in [0.29, 0.717) is 27.2 Å². The average Bonchev–Trinajstić information content (AvgIpc) is 3.03. The Morgan fingerprint density at radius 2 is 1.96 bits per heavy atom. The highest BCUT2D eigenvalue weighted by Gasteiger charge is 2.17. The zero-order valence-electron chi connectivity index (χ0n) is 12.3. The van der Waals surface area contributed by atoms with Crippen molar-refractivity contribution >= 4 is 39.2 Å². The van der Waals surface area contributed by atoms with E-state index in [-0.39, 0.29) is 12.5 Å². The van der Waals surface area contributed by atoms with Gasteiger partial charge in [-0.2, -0.15) is 0 Å². The summed E-state index contributed by atoms with van der Waals surface area (Å²) in [6, 6.07) is 6.70. The lowest BCUT2D eigenvalue weighted by Crippen LogP contribution is -2.14. The van der Waals surface area contributed by atoms with Crippen LogP contribution in [0.5, 0.6) is 0 Å². The number of esters is 1. The average molecular weight is 327 g/mol. The van der Waals surface area contributed by atoms with Crippen LogP contribution in [0.4, 0.5) is 5.00 Å². The first kappa shape index (κ1) is 15.1. The number of carbonyl (C=O) groups excluding carboxylic acids is 2. The number of ether oxygens (including phenoxy) is 1. The Kier molecular flexibility index (Phi) is 4.29. The van der Waals surface area contributed by atoms with Crippen LogP contribution in [-0.4, -0.2) is 28.5 Å². The summed E-state index contributed by atoms with van der Waals surface area (Å²) in [5.41, 5.74) is 2.15. The summed E-state index contributed by atoms with van der Waals surface area (Å²) >= 11 is 1.27. The number of fused-ring (bicyclic) bond motifs is 1. The van der Waals surface area contributed by atoms with E-state index < -0.39 is 5.97 Å². The van der Waals surface area contributed by atoms with Crippen molar-refractivity contribution in [1.82, 2.24) is 9.97 Å². The Bertz CT molecular complexity index is 876. The second-order valence-electron chi connectivity index (χ2n) is 4.60. The third-order valence-electron chi connectivity index (χ3n) is 3.12. The smallest absolute Gasteiger partial charge is 0.341 e. The van der Waals surface area contributed by atoms with Crippen LogP contribution in [0.3, 0.4) is 0 Å². The van der Waals surface area contributed by atoms with Crippen molar-refractivity contribution in [2.75, 3.05) is 11.9 Å². The van der Waals surface area contributed by atoms with E-state index in [1.807, 2.05) is 0 Å². The molecule has 0 bridgehead atoms. The molecule has 0 aliphatic rings. The van der Waals surface area contributed by atoms with Gasteiger partial charge in [-0.15, -0.1) is 11.3 Å². The van der Waals surface area contributed by atoms with Crippen molar-refractivity contribution in [1.29, 1.82) is 0 Å². The first-order chi connectivity index (χ1) is 11.2. The fourth-order valence-electron chi connectivity index (χ4n) is 2.06. The van der Waals surface area contributed by atoms with E-state index in [2.05, 4.69) is 15.3 Å². The summed E-state index contributed by atoms with van der Waals surface area (Å²) in [6.45, 7) is 2.02. The zero-order chi connectivity index (χ0) is 16.2. The lowest BCUT2D eigenvalue weighted by molar-refractivity contribution is 0.0528. The molecule has 2 aromatic heterocycles. The number of hydrogen-bond donors (Lipinski definition) is 1. The van der Waals surface area contributed by atoms with Gasteiger partial charge in [-0.05, 0) is 36.6 Å². The number of carbonyl (C=O) groups is 2. The van der Waals surface area contributed by atoms with Crippen molar-refractivity contribution in [2.24, 2.45) is 0 Å². The molecule has 116 valence electrons. The fourth-order valence-corrected chi connectivity index (χ4v) is 2.83. The number of amides is 1. The second kappa shape index (κ2) is 6.53. The molecular weight excluding hydrogens is 314 g/mol. The van der Waals surface area contributed by atoms with E-state index in [1.54, 1.807) is 49.0 Å². The summed E-state index contributed by atoms with van der Waals surface area (Å²) in [5.74, 6) is -0.765. The molecule has 2 heterocycles. The van der Waals surface area contributed by atoms with Gasteiger partial charge in [0, 0.05) is 18.0 Å². The Hall–Kier alpha value is -2.80. The van der Waals surface area contributed by atoms with Gasteiger partial charge in [0.05, 0.1) is 23.2 Å². The molecule has 6 nitrogen and oxygen atoms in total. The van der Waals surface area contributed by atoms with Crippen molar-refractivity contribution in [3.8, 4) is 0 Å². The Morgan fingerprint density at radius 3 is 2.74 bits per heavy atom. The quantitative estimate of drug-likeness (QED) is 0.745. The number of thiophene rings is 1. The molecule has 0 saturated carbocycles. The minimum atomic E-state index is -0.451. The van der Waals surface area contributed by atoms with E-state index >= 15 is 0 Å². The summed E-state index contributed by atoms with van der Waals surface area (Å²) in [7, 11) is 0. The number of benzene rings is 1. The van der Waals surface area contributed by atoms with Gasteiger partial charge in [0.15, 0.2) is 0 Å². The van der Waals surface area contributed by atoms with Gasteiger partial charge in [-0.1, -0.05) is 0 Å². The van der Waals surface area contributed by atoms with Gasteiger partial charge in [-0.3, -0.25) is 14.8 Å². The number of hydrogen-bond acceptors (Lipinski definition) is 6. The van der Waals surface area contributed by atoms with E-state index in [4.69, 9.17) is 4.74 Å². The molecule has 0 spiro atoms. The van der Waals surface area contributed by atoms with Crippen LogP contribution >= 0.6 is 11.3 Å². The molecule has 0 saturated heterocycles. The van der Waals surface area contributed by atoms with Gasteiger partial charge < -0.3 is 10.1 Å². The Morgan fingerprint density at radius 1 is 1.17 bits per heavy atom. The predicted molar refractivity (Wildman–Crippen MR) is 87.8 cm³/mol. The molecule has 1 aromatic carbocycles. The number of aromatic nitrogens is 2. The topological polar surface area (TPSA) is 81.2 Å². The van der Waals surface area contributed by atoms with Crippen LogP contribution in [-0.2, 0) is 4.74 Å². The second-order valence-corrected chi connectivity index (χ2v) is 5.51. The van der Waals surface area contributed by atoms with Gasteiger partial charge in [0.2, 0.25) is 0 Å². The van der Waals surface area contributed by atoms with E-state index in [1.165, 1.54) is 11.3 Å². The van der Waals surface area contributed by atoms with Crippen LogP contribution in [0.15, 0.2) is 42.0 Å². The van der Waals surface area contributed by atoms with Gasteiger partial charge in [0.1, 0.15) is 5.00 Å². The van der Waals surface area contributed by atoms with Crippen molar-refractivity contribution in [3.63, 3.8) is 0 Å². The summed E-state index contributed by atoms with van der Waals surface area (Å²) in [5, 5.41) is 4.94. The fraction of sp³-hybridized carbons (Fsp3) is 0.125. The maximum absolute atomic E-state index is 12.4. The third-order valence-corrected chi connectivity index (χ3v) is 3.95. The standard InChI is InChI=1S/C16H13N3O3S/c1-2-22-16(21)11-5-8-23-15(11)19-14(20)10-3-4-12-13(9-10)18-7-6-17-12/h3-9H,2H2,1H3,(H,19,20). The molecule has 0 aliphatic carbocycles. The Balaban J connectivity index is 1.84. The monoisotopic (exact) mass is 327 g/mol. The van der Waals surface area contributed by atoms with Gasteiger partial charge in [0.25, 0.3) is 5.91 Å². The molecule has 0 radical (unpaired) electrons. The minimum absolute atomic E-state index is 0.283. The van der Waals surface area contributed by atoms with Crippen molar-refractivity contribution in [2.45, 2.75) is 6.92 Å². The van der Waals surface area contributed by atoms with Crippen LogP contribution in [0.2, 0.25) is 0 Å². The summed E-state index contributed by atoms with van der Waals surface area (Å²) in [6.07, 6.45) is 3.17. The van der Waals surface area contributed by atoms with E-state index in [9.17, 15) is 9.59 Å².